The molecule has 0 N–H and O–H groups in total. The molecule has 0 saturated heterocycles. The van der Waals surface area contributed by atoms with Gasteiger partial charge in [0, 0.05) is 23.6 Å². The maximum Gasteiger partial charge on any atom is 0.419 e. The Hall–Kier alpha value is -3.28. The highest BCUT2D eigenvalue weighted by molar-refractivity contribution is 5.92. The monoisotopic (exact) mass is 409 g/mol. The SMILES string of the molecule is COC(=O)CCc1ccc(OCc2cn(C(=O)OC(C)(C)C)c3ccccc23)cc1. The van der Waals surface area contributed by atoms with E-state index in [0.29, 0.717) is 25.2 Å². The van der Waals surface area contributed by atoms with Crippen molar-refractivity contribution < 1.29 is 23.8 Å². The Balaban J connectivity index is 1.72. The van der Waals surface area contributed by atoms with Crippen LogP contribution in [-0.2, 0) is 27.3 Å². The number of esters is 1. The maximum absolute atomic E-state index is 12.6. The van der Waals surface area contributed by atoms with Crippen LogP contribution in [0.5, 0.6) is 5.75 Å². The molecule has 1 aromatic heterocycles. The van der Waals surface area contributed by atoms with E-state index in [2.05, 4.69) is 4.74 Å². The summed E-state index contributed by atoms with van der Waals surface area (Å²) < 4.78 is 17.6. The molecule has 0 aliphatic rings. The maximum atomic E-state index is 12.6. The van der Waals surface area contributed by atoms with Crippen molar-refractivity contribution in [1.82, 2.24) is 4.57 Å². The third-order valence-corrected chi connectivity index (χ3v) is 4.55. The second kappa shape index (κ2) is 9.03. The van der Waals surface area contributed by atoms with Crippen LogP contribution < -0.4 is 4.74 Å². The Morgan fingerprint density at radius 1 is 1.00 bits per heavy atom. The third-order valence-electron chi connectivity index (χ3n) is 4.55. The first-order chi connectivity index (χ1) is 14.3. The molecule has 0 saturated carbocycles. The fourth-order valence-electron chi connectivity index (χ4n) is 3.09. The largest absolute Gasteiger partial charge is 0.489 e. The number of aryl methyl sites for hydroxylation is 1. The minimum absolute atomic E-state index is 0.225. The molecule has 1 heterocycles. The molecule has 2 aromatic carbocycles. The van der Waals surface area contributed by atoms with Crippen molar-refractivity contribution in [3.63, 3.8) is 0 Å². The zero-order valence-corrected chi connectivity index (χ0v) is 17.8. The molecule has 0 spiro atoms. The summed E-state index contributed by atoms with van der Waals surface area (Å²) >= 11 is 0. The molecule has 30 heavy (non-hydrogen) atoms. The van der Waals surface area contributed by atoms with Gasteiger partial charge in [-0.05, 0) is 51.0 Å². The number of methoxy groups -OCH3 is 1. The van der Waals surface area contributed by atoms with E-state index in [0.717, 1.165) is 22.0 Å². The van der Waals surface area contributed by atoms with E-state index < -0.39 is 11.7 Å². The first kappa shape index (κ1) is 21.4. The van der Waals surface area contributed by atoms with Gasteiger partial charge in [-0.3, -0.25) is 9.36 Å². The second-order valence-corrected chi connectivity index (χ2v) is 8.03. The first-order valence-corrected chi connectivity index (χ1v) is 9.88. The van der Waals surface area contributed by atoms with Crippen molar-refractivity contribution in [3.05, 3.63) is 65.9 Å². The number of rotatable bonds is 6. The number of para-hydroxylation sites is 1. The number of hydrogen-bond acceptors (Lipinski definition) is 5. The number of nitrogens with zero attached hydrogens (tertiary/aromatic N) is 1. The summed E-state index contributed by atoms with van der Waals surface area (Å²) in [6.07, 6.45) is 2.32. The van der Waals surface area contributed by atoms with Gasteiger partial charge < -0.3 is 14.2 Å². The summed E-state index contributed by atoms with van der Waals surface area (Å²) in [5.41, 5.74) is 2.14. The molecule has 0 atom stereocenters. The highest BCUT2D eigenvalue weighted by atomic mass is 16.6. The Morgan fingerprint density at radius 3 is 2.37 bits per heavy atom. The average Bonchev–Trinajstić information content (AvgIpc) is 3.09. The Morgan fingerprint density at radius 2 is 1.70 bits per heavy atom. The summed E-state index contributed by atoms with van der Waals surface area (Å²) in [5.74, 6) is 0.489. The smallest absolute Gasteiger partial charge is 0.419 e. The topological polar surface area (TPSA) is 66.8 Å². The Bertz CT molecular complexity index is 1030. The van der Waals surface area contributed by atoms with E-state index in [1.54, 1.807) is 6.20 Å². The molecule has 3 aromatic rings. The summed E-state index contributed by atoms with van der Waals surface area (Å²) in [4.78, 5) is 23.9. The minimum atomic E-state index is -0.575. The third kappa shape index (κ3) is 5.41. The van der Waals surface area contributed by atoms with Gasteiger partial charge in [0.15, 0.2) is 0 Å². The molecule has 158 valence electrons. The fraction of sp³-hybridized carbons (Fsp3) is 0.333. The lowest BCUT2D eigenvalue weighted by molar-refractivity contribution is -0.140. The lowest BCUT2D eigenvalue weighted by Gasteiger charge is -2.19. The van der Waals surface area contributed by atoms with Gasteiger partial charge in [-0.15, -0.1) is 0 Å². The summed E-state index contributed by atoms with van der Waals surface area (Å²) in [7, 11) is 1.39. The first-order valence-electron chi connectivity index (χ1n) is 9.88. The van der Waals surface area contributed by atoms with Crippen molar-refractivity contribution in [1.29, 1.82) is 0 Å². The molecule has 6 nitrogen and oxygen atoms in total. The highest BCUT2D eigenvalue weighted by Gasteiger charge is 2.20. The van der Waals surface area contributed by atoms with Crippen LogP contribution in [0.4, 0.5) is 4.79 Å². The van der Waals surface area contributed by atoms with Gasteiger partial charge in [0.2, 0.25) is 0 Å². The molecular weight excluding hydrogens is 382 g/mol. The summed E-state index contributed by atoms with van der Waals surface area (Å²) in [6.45, 7) is 5.85. The van der Waals surface area contributed by atoms with Crippen LogP contribution >= 0.6 is 0 Å². The van der Waals surface area contributed by atoms with E-state index in [1.807, 2.05) is 69.3 Å². The van der Waals surface area contributed by atoms with Crippen LogP contribution in [0.2, 0.25) is 0 Å². The zero-order chi connectivity index (χ0) is 21.7. The van der Waals surface area contributed by atoms with E-state index >= 15 is 0 Å². The molecule has 0 aliphatic heterocycles. The quantitative estimate of drug-likeness (QED) is 0.529. The lowest BCUT2D eigenvalue weighted by atomic mass is 10.1. The fourth-order valence-corrected chi connectivity index (χ4v) is 3.09. The Kier molecular flexibility index (Phi) is 6.45. The van der Waals surface area contributed by atoms with Gasteiger partial charge in [0.25, 0.3) is 0 Å². The molecule has 0 amide bonds. The number of carbonyl (C=O) groups excluding carboxylic acids is 2. The van der Waals surface area contributed by atoms with Gasteiger partial charge in [0.1, 0.15) is 18.0 Å². The van der Waals surface area contributed by atoms with Crippen molar-refractivity contribution >= 4 is 23.0 Å². The average molecular weight is 409 g/mol. The number of ether oxygens (including phenoxy) is 3. The summed E-state index contributed by atoms with van der Waals surface area (Å²) in [6, 6.07) is 15.3. The van der Waals surface area contributed by atoms with Crippen LogP contribution in [-0.4, -0.2) is 29.3 Å². The van der Waals surface area contributed by atoms with Crippen LogP contribution in [0.15, 0.2) is 54.7 Å². The van der Waals surface area contributed by atoms with Crippen molar-refractivity contribution in [2.45, 2.75) is 45.8 Å². The number of aromatic nitrogens is 1. The van der Waals surface area contributed by atoms with Gasteiger partial charge in [0.05, 0.1) is 12.6 Å². The van der Waals surface area contributed by atoms with E-state index in [4.69, 9.17) is 9.47 Å². The normalized spacial score (nSPS) is 11.3. The van der Waals surface area contributed by atoms with Crippen molar-refractivity contribution in [2.75, 3.05) is 7.11 Å². The van der Waals surface area contributed by atoms with Gasteiger partial charge in [-0.25, -0.2) is 4.79 Å². The second-order valence-electron chi connectivity index (χ2n) is 8.03. The van der Waals surface area contributed by atoms with Crippen LogP contribution in [0.3, 0.4) is 0 Å². The van der Waals surface area contributed by atoms with E-state index in [9.17, 15) is 9.59 Å². The lowest BCUT2D eigenvalue weighted by Crippen LogP contribution is -2.26. The van der Waals surface area contributed by atoms with Crippen LogP contribution in [0, 0.1) is 0 Å². The van der Waals surface area contributed by atoms with Crippen molar-refractivity contribution in [2.24, 2.45) is 0 Å². The van der Waals surface area contributed by atoms with Crippen LogP contribution in [0.25, 0.3) is 10.9 Å². The molecule has 0 bridgehead atoms. The number of fused-ring (bicyclic) bond motifs is 1. The molecular formula is C24H27NO5. The molecule has 0 unspecified atom stereocenters. The zero-order valence-electron chi connectivity index (χ0n) is 17.8. The standard InChI is InChI=1S/C24H27NO5/c1-24(2,3)30-23(27)25-15-18(20-7-5-6-8-21(20)25)16-29-19-12-9-17(10-13-19)11-14-22(26)28-4/h5-10,12-13,15H,11,14,16H2,1-4H3. The summed E-state index contributed by atoms with van der Waals surface area (Å²) in [5, 5.41) is 0.943. The Labute approximate surface area is 176 Å². The van der Waals surface area contributed by atoms with Gasteiger partial charge in [-0.2, -0.15) is 0 Å². The van der Waals surface area contributed by atoms with Crippen molar-refractivity contribution in [3.8, 4) is 5.75 Å². The molecule has 3 rings (SSSR count). The highest BCUT2D eigenvalue weighted by Crippen LogP contribution is 2.24. The minimum Gasteiger partial charge on any atom is -0.489 e. The number of carbonyl (C=O) groups is 2. The van der Waals surface area contributed by atoms with Crippen LogP contribution in [0.1, 0.15) is 38.3 Å². The predicted octanol–water partition coefficient (Wildman–Crippen LogP) is 5.11. The van der Waals surface area contributed by atoms with Gasteiger partial charge >= 0.3 is 12.1 Å². The molecule has 0 fully saturated rings. The molecule has 6 heteroatoms. The molecule has 0 radical (unpaired) electrons. The number of benzene rings is 2. The predicted molar refractivity (Wildman–Crippen MR) is 115 cm³/mol. The van der Waals surface area contributed by atoms with Gasteiger partial charge in [-0.1, -0.05) is 30.3 Å². The number of hydrogen-bond donors (Lipinski definition) is 0. The van der Waals surface area contributed by atoms with E-state index in [-0.39, 0.29) is 5.97 Å². The van der Waals surface area contributed by atoms with E-state index in [1.165, 1.54) is 11.7 Å². The molecule has 0 aliphatic carbocycles.